The van der Waals surface area contributed by atoms with Crippen molar-refractivity contribution in [2.75, 3.05) is 0 Å². The van der Waals surface area contributed by atoms with Crippen LogP contribution in [0, 0.1) is 5.92 Å². The summed E-state index contributed by atoms with van der Waals surface area (Å²) in [5.74, 6) is 0.669. The lowest BCUT2D eigenvalue weighted by molar-refractivity contribution is 0.339. The molecule has 1 aromatic carbocycles. The molecule has 0 radical (unpaired) electrons. The summed E-state index contributed by atoms with van der Waals surface area (Å²) in [6.45, 7) is 5.40. The third kappa shape index (κ3) is 3.88. The Balaban J connectivity index is 2.10. The number of hydrogen-bond donors (Lipinski definition) is 1. The second-order valence-electron chi connectivity index (χ2n) is 4.77. The zero-order valence-electron chi connectivity index (χ0n) is 11.7. The van der Waals surface area contributed by atoms with Crippen molar-refractivity contribution in [2.45, 2.75) is 39.3 Å². The first-order chi connectivity index (χ1) is 9.35. The second kappa shape index (κ2) is 7.41. The lowest BCUT2D eigenvalue weighted by Gasteiger charge is -2.26. The highest BCUT2D eigenvalue weighted by Gasteiger charge is 2.19. The number of aromatic nitrogens is 1. The molecule has 0 aliphatic rings. The van der Waals surface area contributed by atoms with Gasteiger partial charge in [0.25, 0.3) is 0 Å². The number of rotatable bonds is 7. The molecule has 0 amide bonds. The molecule has 1 unspecified atom stereocenters. The topological polar surface area (TPSA) is 24.9 Å². The van der Waals surface area contributed by atoms with Gasteiger partial charge in [0.05, 0.1) is 0 Å². The van der Waals surface area contributed by atoms with Gasteiger partial charge in [-0.1, -0.05) is 57.0 Å². The molecule has 0 saturated heterocycles. The first kappa shape index (κ1) is 14.2. The summed E-state index contributed by atoms with van der Waals surface area (Å²) in [6, 6.07) is 11.2. The molecule has 1 N–H and O–H groups in total. The number of nitrogens with one attached hydrogen (secondary N) is 1. The maximum atomic E-state index is 4.35. The third-order valence-corrected chi connectivity index (χ3v) is 4.42. The van der Waals surface area contributed by atoms with Crippen LogP contribution in [0.4, 0.5) is 0 Å². The van der Waals surface area contributed by atoms with E-state index in [-0.39, 0.29) is 0 Å². The monoisotopic (exact) mass is 274 g/mol. The fraction of sp³-hybridized carbons (Fsp3) is 0.438. The van der Waals surface area contributed by atoms with E-state index < -0.39 is 0 Å². The van der Waals surface area contributed by atoms with E-state index in [1.807, 2.05) is 11.6 Å². The highest BCUT2D eigenvalue weighted by Crippen LogP contribution is 2.27. The summed E-state index contributed by atoms with van der Waals surface area (Å²) in [6.07, 6.45) is 4.26. The molecule has 0 aliphatic heterocycles. The van der Waals surface area contributed by atoms with E-state index >= 15 is 0 Å². The van der Waals surface area contributed by atoms with Crippen LogP contribution in [0.3, 0.4) is 0 Å². The number of benzene rings is 1. The van der Waals surface area contributed by atoms with Crippen molar-refractivity contribution in [1.29, 1.82) is 0 Å². The van der Waals surface area contributed by atoms with Gasteiger partial charge in [0.15, 0.2) is 0 Å². The van der Waals surface area contributed by atoms with Gasteiger partial charge in [0.2, 0.25) is 0 Å². The van der Waals surface area contributed by atoms with Crippen molar-refractivity contribution in [2.24, 2.45) is 5.92 Å². The Labute approximate surface area is 119 Å². The molecule has 1 aromatic heterocycles. The maximum Gasteiger partial charge on any atom is 0.106 e. The zero-order chi connectivity index (χ0) is 13.5. The minimum atomic E-state index is 0.417. The van der Waals surface area contributed by atoms with Gasteiger partial charge in [0, 0.05) is 24.2 Å². The van der Waals surface area contributed by atoms with E-state index in [1.54, 1.807) is 11.3 Å². The molecule has 0 bridgehead atoms. The molecule has 19 heavy (non-hydrogen) atoms. The summed E-state index contributed by atoms with van der Waals surface area (Å²) in [4.78, 5) is 4.35. The number of hydrogen-bond acceptors (Lipinski definition) is 3. The van der Waals surface area contributed by atoms with Gasteiger partial charge in [-0.2, -0.15) is 0 Å². The van der Waals surface area contributed by atoms with Gasteiger partial charge < -0.3 is 5.32 Å². The van der Waals surface area contributed by atoms with Gasteiger partial charge in [-0.3, -0.25) is 0 Å². The SMILES string of the molecule is CCC(CC)C(NCc1nccs1)c1ccccc1. The van der Waals surface area contributed by atoms with Crippen LogP contribution in [0.5, 0.6) is 0 Å². The van der Waals surface area contributed by atoms with Crippen molar-refractivity contribution >= 4 is 11.3 Å². The molecule has 3 heteroatoms. The first-order valence-electron chi connectivity index (χ1n) is 7.01. The zero-order valence-corrected chi connectivity index (χ0v) is 12.5. The molecule has 1 atom stereocenters. The summed E-state index contributed by atoms with van der Waals surface area (Å²) >= 11 is 1.71. The van der Waals surface area contributed by atoms with Crippen LogP contribution < -0.4 is 5.32 Å². The van der Waals surface area contributed by atoms with Gasteiger partial charge in [-0.25, -0.2) is 4.98 Å². The van der Waals surface area contributed by atoms with E-state index in [0.29, 0.717) is 12.0 Å². The van der Waals surface area contributed by atoms with E-state index in [0.717, 1.165) is 11.6 Å². The van der Waals surface area contributed by atoms with Crippen LogP contribution >= 0.6 is 11.3 Å². The standard InChI is InChI=1S/C16H22N2S/c1-3-13(4-2)16(14-8-6-5-7-9-14)18-12-15-17-10-11-19-15/h5-11,13,16,18H,3-4,12H2,1-2H3. The number of thiazole rings is 1. The maximum absolute atomic E-state index is 4.35. The number of nitrogens with zero attached hydrogens (tertiary/aromatic N) is 1. The van der Waals surface area contributed by atoms with E-state index in [4.69, 9.17) is 0 Å². The molecule has 102 valence electrons. The Morgan fingerprint density at radius 2 is 1.89 bits per heavy atom. The average Bonchev–Trinajstić information content (AvgIpc) is 2.97. The molecule has 2 nitrogen and oxygen atoms in total. The molecule has 0 saturated carbocycles. The van der Waals surface area contributed by atoms with Gasteiger partial charge in [0.1, 0.15) is 5.01 Å². The Kier molecular flexibility index (Phi) is 5.55. The predicted molar refractivity (Wildman–Crippen MR) is 82.2 cm³/mol. The van der Waals surface area contributed by atoms with Crippen LogP contribution in [0.2, 0.25) is 0 Å². The Morgan fingerprint density at radius 3 is 2.47 bits per heavy atom. The van der Waals surface area contributed by atoms with Gasteiger partial charge in [-0.05, 0) is 11.5 Å². The summed E-state index contributed by atoms with van der Waals surface area (Å²) in [5.41, 5.74) is 1.38. The lowest BCUT2D eigenvalue weighted by atomic mass is 9.89. The lowest BCUT2D eigenvalue weighted by Crippen LogP contribution is -2.27. The Bertz CT molecular complexity index is 449. The van der Waals surface area contributed by atoms with E-state index in [2.05, 4.69) is 54.5 Å². The van der Waals surface area contributed by atoms with Crippen LogP contribution in [-0.2, 0) is 6.54 Å². The predicted octanol–water partition coefficient (Wildman–Crippen LogP) is 4.41. The largest absolute Gasteiger partial charge is 0.303 e. The molecular weight excluding hydrogens is 252 g/mol. The average molecular weight is 274 g/mol. The fourth-order valence-electron chi connectivity index (χ4n) is 2.51. The molecule has 1 heterocycles. The third-order valence-electron chi connectivity index (χ3n) is 3.64. The van der Waals surface area contributed by atoms with Gasteiger partial charge >= 0.3 is 0 Å². The Hall–Kier alpha value is -1.19. The smallest absolute Gasteiger partial charge is 0.106 e. The first-order valence-corrected chi connectivity index (χ1v) is 7.89. The normalized spacial score (nSPS) is 12.8. The molecule has 2 aromatic rings. The fourth-order valence-corrected chi connectivity index (χ4v) is 3.08. The van der Waals surface area contributed by atoms with Crippen LogP contribution in [0.25, 0.3) is 0 Å². The van der Waals surface area contributed by atoms with Gasteiger partial charge in [-0.15, -0.1) is 11.3 Å². The highest BCUT2D eigenvalue weighted by molar-refractivity contribution is 7.09. The van der Waals surface area contributed by atoms with Crippen molar-refractivity contribution in [3.63, 3.8) is 0 Å². The van der Waals surface area contributed by atoms with Crippen molar-refractivity contribution in [3.8, 4) is 0 Å². The Morgan fingerprint density at radius 1 is 1.16 bits per heavy atom. The quantitative estimate of drug-likeness (QED) is 0.809. The van der Waals surface area contributed by atoms with Crippen molar-refractivity contribution < 1.29 is 0 Å². The second-order valence-corrected chi connectivity index (χ2v) is 5.75. The molecule has 0 fully saturated rings. The minimum Gasteiger partial charge on any atom is -0.303 e. The van der Waals surface area contributed by atoms with E-state index in [1.165, 1.54) is 18.4 Å². The van der Waals surface area contributed by atoms with Crippen LogP contribution in [0.1, 0.15) is 43.3 Å². The molecule has 2 rings (SSSR count). The van der Waals surface area contributed by atoms with Crippen molar-refractivity contribution in [3.05, 3.63) is 52.5 Å². The highest BCUT2D eigenvalue weighted by atomic mass is 32.1. The summed E-state index contributed by atoms with van der Waals surface area (Å²) < 4.78 is 0. The summed E-state index contributed by atoms with van der Waals surface area (Å²) in [7, 11) is 0. The van der Waals surface area contributed by atoms with Crippen LogP contribution in [-0.4, -0.2) is 4.98 Å². The van der Waals surface area contributed by atoms with Crippen LogP contribution in [0.15, 0.2) is 41.9 Å². The van der Waals surface area contributed by atoms with Crippen molar-refractivity contribution in [1.82, 2.24) is 10.3 Å². The van der Waals surface area contributed by atoms with E-state index in [9.17, 15) is 0 Å². The minimum absolute atomic E-state index is 0.417. The molecule has 0 spiro atoms. The molecule has 0 aliphatic carbocycles. The summed E-state index contributed by atoms with van der Waals surface area (Å²) in [5, 5.41) is 6.88. The molecular formula is C16H22N2S.